The third-order valence-electron chi connectivity index (χ3n) is 4.43. The van der Waals surface area contributed by atoms with Gasteiger partial charge in [-0.3, -0.25) is 0 Å². The van der Waals surface area contributed by atoms with Crippen LogP contribution in [-0.4, -0.2) is 13.7 Å². The van der Waals surface area contributed by atoms with Gasteiger partial charge in [0.25, 0.3) is 0 Å². The van der Waals surface area contributed by atoms with Crippen LogP contribution < -0.4 is 14.8 Å². The van der Waals surface area contributed by atoms with Crippen molar-refractivity contribution in [1.29, 1.82) is 0 Å². The van der Waals surface area contributed by atoms with E-state index in [0.717, 1.165) is 29.7 Å². The lowest BCUT2D eigenvalue weighted by molar-refractivity contribution is 0.280. The fourth-order valence-electron chi connectivity index (χ4n) is 2.90. The van der Waals surface area contributed by atoms with Gasteiger partial charge in [0.2, 0.25) is 0 Å². The van der Waals surface area contributed by atoms with Gasteiger partial charge in [0.05, 0.1) is 7.11 Å². The van der Waals surface area contributed by atoms with Gasteiger partial charge >= 0.3 is 0 Å². The number of nitrogens with one attached hydrogen (secondary N) is 1. The van der Waals surface area contributed by atoms with Crippen molar-refractivity contribution in [3.63, 3.8) is 0 Å². The minimum absolute atomic E-state index is 0.214. The number of benzene rings is 3. The van der Waals surface area contributed by atoms with Gasteiger partial charge in [0, 0.05) is 22.7 Å². The van der Waals surface area contributed by atoms with Crippen LogP contribution in [0.4, 0.5) is 4.39 Å². The Morgan fingerprint density at radius 3 is 2.43 bits per heavy atom. The van der Waals surface area contributed by atoms with Gasteiger partial charge in [-0.05, 0) is 42.8 Å². The highest BCUT2D eigenvalue weighted by Crippen LogP contribution is 2.32. The van der Waals surface area contributed by atoms with Crippen molar-refractivity contribution < 1.29 is 13.9 Å². The standard InChI is InChI=1S/C23H23ClFNO2/c1-27-22-8-4-6-18(15-26-14-13-17-9-11-20(25)12-10-17)23(22)28-16-19-5-2-3-7-21(19)24/h2-12,26H,13-16H2,1H3. The molecule has 0 saturated carbocycles. The molecule has 0 bridgehead atoms. The van der Waals surface area contributed by atoms with Gasteiger partial charge in [0.15, 0.2) is 11.5 Å². The average molecular weight is 400 g/mol. The zero-order valence-electron chi connectivity index (χ0n) is 15.8. The lowest BCUT2D eigenvalue weighted by Crippen LogP contribution is -2.17. The van der Waals surface area contributed by atoms with Crippen LogP contribution in [0.5, 0.6) is 11.5 Å². The highest BCUT2D eigenvalue weighted by Gasteiger charge is 2.11. The number of ether oxygens (including phenoxy) is 2. The Bertz CT molecular complexity index is 899. The van der Waals surface area contributed by atoms with Crippen LogP contribution in [0.25, 0.3) is 0 Å². The zero-order valence-corrected chi connectivity index (χ0v) is 16.5. The monoisotopic (exact) mass is 399 g/mol. The third kappa shape index (κ3) is 5.47. The normalized spacial score (nSPS) is 10.7. The molecule has 0 fully saturated rings. The highest BCUT2D eigenvalue weighted by molar-refractivity contribution is 6.31. The molecule has 28 heavy (non-hydrogen) atoms. The first-order valence-electron chi connectivity index (χ1n) is 9.14. The Morgan fingerprint density at radius 2 is 1.68 bits per heavy atom. The summed E-state index contributed by atoms with van der Waals surface area (Å²) in [5, 5.41) is 4.09. The van der Waals surface area contributed by atoms with Crippen molar-refractivity contribution in [2.75, 3.05) is 13.7 Å². The first-order chi connectivity index (χ1) is 13.7. The van der Waals surface area contributed by atoms with E-state index < -0.39 is 0 Å². The molecule has 146 valence electrons. The van der Waals surface area contributed by atoms with E-state index in [1.165, 1.54) is 12.1 Å². The second-order valence-corrected chi connectivity index (χ2v) is 6.79. The number of para-hydroxylation sites is 1. The van der Waals surface area contributed by atoms with Crippen molar-refractivity contribution >= 4 is 11.6 Å². The van der Waals surface area contributed by atoms with Crippen LogP contribution in [0.15, 0.2) is 66.7 Å². The largest absolute Gasteiger partial charge is 0.493 e. The van der Waals surface area contributed by atoms with Crippen molar-refractivity contribution in [1.82, 2.24) is 5.32 Å². The molecule has 0 saturated heterocycles. The fourth-order valence-corrected chi connectivity index (χ4v) is 3.09. The molecule has 0 aliphatic heterocycles. The smallest absolute Gasteiger partial charge is 0.166 e. The minimum atomic E-state index is -0.214. The Kier molecular flexibility index (Phi) is 7.29. The summed E-state index contributed by atoms with van der Waals surface area (Å²) in [7, 11) is 1.63. The molecule has 0 amide bonds. The summed E-state index contributed by atoms with van der Waals surface area (Å²) >= 11 is 6.23. The highest BCUT2D eigenvalue weighted by atomic mass is 35.5. The van der Waals surface area contributed by atoms with Crippen LogP contribution in [0, 0.1) is 5.82 Å². The Hall–Kier alpha value is -2.56. The van der Waals surface area contributed by atoms with E-state index in [9.17, 15) is 4.39 Å². The summed E-state index contributed by atoms with van der Waals surface area (Å²) < 4.78 is 24.5. The topological polar surface area (TPSA) is 30.5 Å². The molecular formula is C23H23ClFNO2. The molecule has 3 nitrogen and oxygen atoms in total. The average Bonchev–Trinajstić information content (AvgIpc) is 2.72. The summed E-state index contributed by atoms with van der Waals surface area (Å²) in [5.74, 6) is 1.18. The molecule has 5 heteroatoms. The molecule has 0 aromatic heterocycles. The maximum Gasteiger partial charge on any atom is 0.166 e. The van der Waals surface area contributed by atoms with Crippen LogP contribution in [0.2, 0.25) is 5.02 Å². The molecule has 3 aromatic carbocycles. The number of methoxy groups -OCH3 is 1. The second-order valence-electron chi connectivity index (χ2n) is 6.38. The summed E-state index contributed by atoms with van der Waals surface area (Å²) in [6.45, 7) is 1.77. The van der Waals surface area contributed by atoms with E-state index in [0.29, 0.717) is 29.7 Å². The predicted octanol–water partition coefficient (Wildman–Crippen LogP) is 5.40. The zero-order chi connectivity index (χ0) is 19.8. The minimum Gasteiger partial charge on any atom is -0.493 e. The molecule has 3 aromatic rings. The van der Waals surface area contributed by atoms with E-state index in [2.05, 4.69) is 5.32 Å². The summed E-state index contributed by atoms with van der Waals surface area (Å²) in [4.78, 5) is 0. The first kappa shape index (κ1) is 20.2. The van der Waals surface area contributed by atoms with Gasteiger partial charge < -0.3 is 14.8 Å². The Balaban J connectivity index is 1.62. The van der Waals surface area contributed by atoms with Crippen molar-refractivity contribution in [2.24, 2.45) is 0 Å². The Labute approximate surface area is 170 Å². The van der Waals surface area contributed by atoms with Crippen LogP contribution >= 0.6 is 11.6 Å². The second kappa shape index (κ2) is 10.1. The molecule has 0 atom stereocenters. The van der Waals surface area contributed by atoms with Crippen LogP contribution in [-0.2, 0) is 19.6 Å². The van der Waals surface area contributed by atoms with E-state index >= 15 is 0 Å². The number of hydrogen-bond acceptors (Lipinski definition) is 3. The lowest BCUT2D eigenvalue weighted by atomic mass is 10.1. The number of halogens is 2. The van der Waals surface area contributed by atoms with Crippen LogP contribution in [0.1, 0.15) is 16.7 Å². The van der Waals surface area contributed by atoms with E-state index in [-0.39, 0.29) is 5.82 Å². The maximum atomic E-state index is 13.0. The van der Waals surface area contributed by atoms with Gasteiger partial charge in [-0.2, -0.15) is 0 Å². The van der Waals surface area contributed by atoms with Crippen molar-refractivity contribution in [3.8, 4) is 11.5 Å². The molecule has 0 aliphatic carbocycles. The molecule has 0 spiro atoms. The summed E-state index contributed by atoms with van der Waals surface area (Å²) in [6, 6.07) is 20.0. The number of rotatable bonds is 9. The van der Waals surface area contributed by atoms with E-state index in [1.54, 1.807) is 19.2 Å². The molecule has 3 rings (SSSR count). The third-order valence-corrected chi connectivity index (χ3v) is 4.80. The van der Waals surface area contributed by atoms with Gasteiger partial charge in [-0.15, -0.1) is 0 Å². The van der Waals surface area contributed by atoms with Gasteiger partial charge in [-0.1, -0.05) is 54.1 Å². The Morgan fingerprint density at radius 1 is 0.929 bits per heavy atom. The maximum absolute atomic E-state index is 13.0. The van der Waals surface area contributed by atoms with Gasteiger partial charge in [-0.25, -0.2) is 4.39 Å². The van der Waals surface area contributed by atoms with Crippen LogP contribution in [0.3, 0.4) is 0 Å². The predicted molar refractivity (Wildman–Crippen MR) is 111 cm³/mol. The van der Waals surface area contributed by atoms with Crippen molar-refractivity contribution in [2.45, 2.75) is 19.6 Å². The molecular weight excluding hydrogens is 377 g/mol. The van der Waals surface area contributed by atoms with Crippen molar-refractivity contribution in [3.05, 3.63) is 94.3 Å². The molecule has 0 aliphatic rings. The number of hydrogen-bond donors (Lipinski definition) is 1. The molecule has 0 radical (unpaired) electrons. The molecule has 1 N–H and O–H groups in total. The summed E-state index contributed by atoms with van der Waals surface area (Å²) in [5.41, 5.74) is 3.02. The molecule has 0 unspecified atom stereocenters. The quantitative estimate of drug-likeness (QED) is 0.489. The first-order valence-corrected chi connectivity index (χ1v) is 9.52. The summed E-state index contributed by atoms with van der Waals surface area (Å²) in [6.07, 6.45) is 0.820. The SMILES string of the molecule is COc1cccc(CNCCc2ccc(F)cc2)c1OCc1ccccc1Cl. The fraction of sp³-hybridized carbons (Fsp3) is 0.217. The van der Waals surface area contributed by atoms with E-state index in [4.69, 9.17) is 21.1 Å². The van der Waals surface area contributed by atoms with E-state index in [1.807, 2.05) is 42.5 Å². The van der Waals surface area contributed by atoms with Gasteiger partial charge in [0.1, 0.15) is 12.4 Å². The lowest BCUT2D eigenvalue weighted by Gasteiger charge is -2.16. The molecule has 0 heterocycles.